The smallest absolute Gasteiger partial charge is 0.437 e. The van der Waals surface area contributed by atoms with E-state index < -0.39 is 6.16 Å². The number of aromatic nitrogens is 1. The monoisotopic (exact) mass is 315 g/mol. The predicted octanol–water partition coefficient (Wildman–Crippen LogP) is 3.80. The van der Waals surface area contributed by atoms with Gasteiger partial charge >= 0.3 is 6.16 Å². The predicted molar refractivity (Wildman–Crippen MR) is 67.5 cm³/mol. The Bertz CT molecular complexity index is 588. The van der Waals surface area contributed by atoms with Crippen LogP contribution in [0.5, 0.6) is 5.75 Å². The number of halogens is 2. The van der Waals surface area contributed by atoms with Gasteiger partial charge in [0.1, 0.15) is 5.52 Å². The lowest BCUT2D eigenvalue weighted by Crippen LogP contribution is -2.08. The van der Waals surface area contributed by atoms with Crippen LogP contribution in [-0.2, 0) is 4.74 Å². The minimum Gasteiger partial charge on any atom is -0.437 e. The fraction of sp³-hybridized carbons (Fsp3) is 0.0909. The van der Waals surface area contributed by atoms with E-state index in [1.165, 1.54) is 7.11 Å². The van der Waals surface area contributed by atoms with E-state index in [9.17, 15) is 4.79 Å². The minimum atomic E-state index is -0.830. The van der Waals surface area contributed by atoms with Crippen molar-refractivity contribution >= 4 is 44.6 Å². The van der Waals surface area contributed by atoms with Gasteiger partial charge in [-0.3, -0.25) is 4.98 Å². The molecule has 0 spiro atoms. The Balaban J connectivity index is 2.59. The maximum Gasteiger partial charge on any atom is 0.513 e. The molecule has 0 aliphatic rings. The summed E-state index contributed by atoms with van der Waals surface area (Å²) in [6.45, 7) is 0. The van der Waals surface area contributed by atoms with Gasteiger partial charge in [0, 0.05) is 16.1 Å². The molecule has 1 heterocycles. The molecule has 0 saturated carbocycles. The molecular weight excluding hydrogens is 309 g/mol. The van der Waals surface area contributed by atoms with E-state index in [0.717, 1.165) is 9.86 Å². The number of carbonyl (C=O) groups is 1. The number of pyridine rings is 1. The van der Waals surface area contributed by atoms with E-state index in [1.807, 2.05) is 6.07 Å². The standard InChI is InChI=1S/C11H7BrClNO3/c1-16-11(15)17-10-8(13)3-2-6-4-7(12)5-14-9(6)10/h2-5H,1H3. The van der Waals surface area contributed by atoms with Crippen LogP contribution in [-0.4, -0.2) is 18.2 Å². The summed E-state index contributed by atoms with van der Waals surface area (Å²) in [6, 6.07) is 5.28. The third-order valence-electron chi connectivity index (χ3n) is 2.08. The van der Waals surface area contributed by atoms with Crippen LogP contribution in [0, 0.1) is 0 Å². The van der Waals surface area contributed by atoms with E-state index in [1.54, 1.807) is 18.3 Å². The first-order chi connectivity index (χ1) is 8.11. The molecular formula is C11H7BrClNO3. The van der Waals surface area contributed by atoms with Crippen LogP contribution in [0.3, 0.4) is 0 Å². The fourth-order valence-corrected chi connectivity index (χ4v) is 1.89. The van der Waals surface area contributed by atoms with Gasteiger partial charge in [-0.2, -0.15) is 0 Å². The van der Waals surface area contributed by atoms with Gasteiger partial charge in [-0.15, -0.1) is 0 Å². The molecule has 0 fully saturated rings. The zero-order valence-electron chi connectivity index (χ0n) is 8.74. The number of nitrogens with zero attached hydrogens (tertiary/aromatic N) is 1. The Kier molecular flexibility index (Phi) is 3.49. The summed E-state index contributed by atoms with van der Waals surface area (Å²) in [6.07, 6.45) is 0.770. The van der Waals surface area contributed by atoms with Gasteiger partial charge in [-0.05, 0) is 28.1 Å². The largest absolute Gasteiger partial charge is 0.513 e. The second kappa shape index (κ2) is 4.89. The van der Waals surface area contributed by atoms with E-state index in [4.69, 9.17) is 16.3 Å². The summed E-state index contributed by atoms with van der Waals surface area (Å²) in [5.41, 5.74) is 0.506. The van der Waals surface area contributed by atoms with Crippen LogP contribution in [0.4, 0.5) is 4.79 Å². The molecule has 0 radical (unpaired) electrons. The van der Waals surface area contributed by atoms with Gasteiger partial charge in [-0.25, -0.2) is 4.79 Å². The lowest BCUT2D eigenvalue weighted by Gasteiger charge is -2.07. The van der Waals surface area contributed by atoms with Crippen LogP contribution in [0.1, 0.15) is 0 Å². The Morgan fingerprint density at radius 3 is 2.94 bits per heavy atom. The van der Waals surface area contributed by atoms with Crippen LogP contribution >= 0.6 is 27.5 Å². The molecule has 1 aromatic heterocycles. The molecule has 2 rings (SSSR count). The van der Waals surface area contributed by atoms with Gasteiger partial charge < -0.3 is 9.47 Å². The molecule has 0 unspecified atom stereocenters. The summed E-state index contributed by atoms with van der Waals surface area (Å²) in [4.78, 5) is 15.3. The normalized spacial score (nSPS) is 10.3. The van der Waals surface area contributed by atoms with Crippen molar-refractivity contribution in [3.8, 4) is 5.75 Å². The fourth-order valence-electron chi connectivity index (χ4n) is 1.35. The highest BCUT2D eigenvalue weighted by atomic mass is 79.9. The highest BCUT2D eigenvalue weighted by molar-refractivity contribution is 9.10. The van der Waals surface area contributed by atoms with Crippen LogP contribution in [0.25, 0.3) is 10.9 Å². The summed E-state index contributed by atoms with van der Waals surface area (Å²) < 4.78 is 10.2. The van der Waals surface area contributed by atoms with Crippen molar-refractivity contribution in [2.75, 3.05) is 7.11 Å². The average molecular weight is 317 g/mol. The van der Waals surface area contributed by atoms with Crippen molar-refractivity contribution < 1.29 is 14.3 Å². The topological polar surface area (TPSA) is 48.4 Å². The lowest BCUT2D eigenvalue weighted by atomic mass is 10.2. The summed E-state index contributed by atoms with van der Waals surface area (Å²) in [5, 5.41) is 1.11. The Labute approximate surface area is 111 Å². The number of hydrogen-bond donors (Lipinski definition) is 0. The molecule has 0 N–H and O–H groups in total. The zero-order chi connectivity index (χ0) is 12.4. The molecule has 88 valence electrons. The van der Waals surface area contributed by atoms with Crippen molar-refractivity contribution in [2.45, 2.75) is 0 Å². The molecule has 0 atom stereocenters. The second-order valence-electron chi connectivity index (χ2n) is 3.16. The molecule has 2 aromatic rings. The van der Waals surface area contributed by atoms with Gasteiger partial charge in [0.2, 0.25) is 0 Å². The number of carbonyl (C=O) groups excluding carboxylic acids is 1. The van der Waals surface area contributed by atoms with Gasteiger partial charge in [0.25, 0.3) is 0 Å². The van der Waals surface area contributed by atoms with Gasteiger partial charge in [0.05, 0.1) is 12.1 Å². The second-order valence-corrected chi connectivity index (χ2v) is 4.48. The van der Waals surface area contributed by atoms with E-state index in [0.29, 0.717) is 10.5 Å². The quantitative estimate of drug-likeness (QED) is 0.593. The summed E-state index contributed by atoms with van der Waals surface area (Å²) >= 11 is 9.27. The number of benzene rings is 1. The molecule has 0 amide bonds. The third kappa shape index (κ3) is 2.50. The van der Waals surface area contributed by atoms with Crippen LogP contribution in [0.15, 0.2) is 28.9 Å². The molecule has 0 aliphatic heterocycles. The number of hydrogen-bond acceptors (Lipinski definition) is 4. The van der Waals surface area contributed by atoms with Crippen molar-refractivity contribution in [1.82, 2.24) is 4.98 Å². The zero-order valence-corrected chi connectivity index (χ0v) is 11.1. The molecule has 0 aliphatic carbocycles. The molecule has 0 bridgehead atoms. The summed E-state index contributed by atoms with van der Waals surface area (Å²) in [5.74, 6) is 0.198. The number of ether oxygens (including phenoxy) is 2. The number of rotatable bonds is 1. The van der Waals surface area contributed by atoms with E-state index in [-0.39, 0.29) is 5.75 Å². The first-order valence-corrected chi connectivity index (χ1v) is 5.78. The maximum absolute atomic E-state index is 11.1. The van der Waals surface area contributed by atoms with Gasteiger partial charge in [0.15, 0.2) is 5.75 Å². The Hall–Kier alpha value is -1.33. The van der Waals surface area contributed by atoms with Gasteiger partial charge in [-0.1, -0.05) is 17.7 Å². The number of fused-ring (bicyclic) bond motifs is 1. The molecule has 0 saturated heterocycles. The third-order valence-corrected chi connectivity index (χ3v) is 2.81. The first kappa shape index (κ1) is 12.1. The van der Waals surface area contributed by atoms with E-state index in [2.05, 4.69) is 25.7 Å². The SMILES string of the molecule is COC(=O)Oc1c(Cl)ccc2cc(Br)cnc12. The van der Waals surface area contributed by atoms with Crippen molar-refractivity contribution in [3.05, 3.63) is 33.9 Å². The average Bonchev–Trinajstić information content (AvgIpc) is 2.32. The van der Waals surface area contributed by atoms with E-state index >= 15 is 0 Å². The van der Waals surface area contributed by atoms with Crippen molar-refractivity contribution in [2.24, 2.45) is 0 Å². The number of methoxy groups -OCH3 is 1. The minimum absolute atomic E-state index is 0.198. The van der Waals surface area contributed by atoms with Crippen LogP contribution < -0.4 is 4.74 Å². The van der Waals surface area contributed by atoms with Crippen molar-refractivity contribution in [1.29, 1.82) is 0 Å². The molecule has 6 heteroatoms. The first-order valence-electron chi connectivity index (χ1n) is 4.61. The highest BCUT2D eigenvalue weighted by Crippen LogP contribution is 2.33. The van der Waals surface area contributed by atoms with Crippen LogP contribution in [0.2, 0.25) is 5.02 Å². The highest BCUT2D eigenvalue weighted by Gasteiger charge is 2.13. The molecule has 4 nitrogen and oxygen atoms in total. The maximum atomic E-state index is 11.1. The Morgan fingerprint density at radius 1 is 1.47 bits per heavy atom. The van der Waals surface area contributed by atoms with Crippen molar-refractivity contribution in [3.63, 3.8) is 0 Å². The molecule has 17 heavy (non-hydrogen) atoms. The lowest BCUT2D eigenvalue weighted by molar-refractivity contribution is 0.122. The molecule has 1 aromatic carbocycles. The summed E-state index contributed by atoms with van der Waals surface area (Å²) in [7, 11) is 1.23. The Morgan fingerprint density at radius 2 is 2.24 bits per heavy atom.